The van der Waals surface area contributed by atoms with E-state index in [0.717, 1.165) is 11.5 Å². The molecule has 112 valence electrons. The highest BCUT2D eigenvalue weighted by Crippen LogP contribution is 2.40. The van der Waals surface area contributed by atoms with E-state index < -0.39 is 0 Å². The van der Waals surface area contributed by atoms with E-state index in [9.17, 15) is 0 Å². The lowest BCUT2D eigenvalue weighted by molar-refractivity contribution is 0.133. The summed E-state index contributed by atoms with van der Waals surface area (Å²) < 4.78 is 10.8. The summed E-state index contributed by atoms with van der Waals surface area (Å²) in [6, 6.07) is 6.79. The van der Waals surface area contributed by atoms with Crippen molar-refractivity contribution in [3.63, 3.8) is 0 Å². The molecule has 2 unspecified atom stereocenters. The predicted octanol–water partition coefficient (Wildman–Crippen LogP) is 1.80. The molecular formula is C16H21N3O2. The summed E-state index contributed by atoms with van der Waals surface area (Å²) in [5, 5.41) is 4.65. The van der Waals surface area contributed by atoms with Gasteiger partial charge in [-0.1, -0.05) is 6.07 Å². The largest absolute Gasteiger partial charge is 0.493 e. The molecule has 0 amide bonds. The summed E-state index contributed by atoms with van der Waals surface area (Å²) in [5.74, 6) is 2.23. The zero-order valence-electron chi connectivity index (χ0n) is 12.5. The Kier molecular flexibility index (Phi) is 3.03. The van der Waals surface area contributed by atoms with E-state index in [4.69, 9.17) is 9.47 Å². The van der Waals surface area contributed by atoms with Crippen molar-refractivity contribution in [3.05, 3.63) is 23.8 Å². The third-order valence-electron chi connectivity index (χ3n) is 5.06. The number of methoxy groups -OCH3 is 2. The van der Waals surface area contributed by atoms with Gasteiger partial charge >= 0.3 is 0 Å². The van der Waals surface area contributed by atoms with Gasteiger partial charge in [0.1, 0.15) is 0 Å². The summed E-state index contributed by atoms with van der Waals surface area (Å²) in [5.41, 5.74) is 5.92. The molecule has 3 saturated heterocycles. The van der Waals surface area contributed by atoms with Crippen LogP contribution in [-0.4, -0.2) is 44.0 Å². The first kappa shape index (κ1) is 13.0. The highest BCUT2D eigenvalue weighted by Gasteiger charge is 2.46. The number of fused-ring (bicyclic) bond motifs is 2. The van der Waals surface area contributed by atoms with Crippen molar-refractivity contribution in [2.75, 3.05) is 27.3 Å². The first-order valence-electron chi connectivity index (χ1n) is 7.61. The minimum atomic E-state index is 0.225. The van der Waals surface area contributed by atoms with Crippen LogP contribution < -0.4 is 14.9 Å². The van der Waals surface area contributed by atoms with E-state index in [1.165, 1.54) is 37.2 Å². The Bertz CT molecular complexity index is 579. The van der Waals surface area contributed by atoms with E-state index in [2.05, 4.69) is 27.6 Å². The van der Waals surface area contributed by atoms with Gasteiger partial charge in [-0.15, -0.1) is 0 Å². The molecule has 1 aromatic carbocycles. The van der Waals surface area contributed by atoms with Crippen molar-refractivity contribution in [2.24, 2.45) is 11.0 Å². The Balaban J connectivity index is 1.66. The number of ether oxygens (including phenoxy) is 2. The van der Waals surface area contributed by atoms with Crippen molar-refractivity contribution < 1.29 is 9.47 Å². The van der Waals surface area contributed by atoms with Crippen molar-refractivity contribution in [3.8, 4) is 11.5 Å². The van der Waals surface area contributed by atoms with Crippen molar-refractivity contribution in [1.82, 2.24) is 10.3 Å². The standard InChI is InChI=1S/C16H21N3O2/c1-20-12-4-3-11(9-13(12)21-2)15-16-14(17-18-15)10-5-7-19(16)8-6-10/h3-4,9-10,15-16,18H,5-8H2,1-2H3. The smallest absolute Gasteiger partial charge is 0.161 e. The van der Waals surface area contributed by atoms with E-state index in [-0.39, 0.29) is 6.04 Å². The zero-order chi connectivity index (χ0) is 14.4. The fourth-order valence-electron chi connectivity index (χ4n) is 3.96. The van der Waals surface area contributed by atoms with Crippen LogP contribution in [0.25, 0.3) is 0 Å². The van der Waals surface area contributed by atoms with Gasteiger partial charge in [0.2, 0.25) is 0 Å². The topological polar surface area (TPSA) is 46.1 Å². The van der Waals surface area contributed by atoms with Crippen LogP contribution in [0.1, 0.15) is 24.4 Å². The number of nitrogens with one attached hydrogen (secondary N) is 1. The predicted molar refractivity (Wildman–Crippen MR) is 80.9 cm³/mol. The lowest BCUT2D eigenvalue weighted by Gasteiger charge is -2.45. The molecule has 0 radical (unpaired) electrons. The molecule has 2 atom stereocenters. The maximum atomic E-state index is 5.43. The summed E-state index contributed by atoms with van der Waals surface area (Å²) in [6.07, 6.45) is 2.52. The summed E-state index contributed by atoms with van der Waals surface area (Å²) in [7, 11) is 3.34. The van der Waals surface area contributed by atoms with Gasteiger partial charge in [0, 0.05) is 5.92 Å². The number of nitrogens with zero attached hydrogens (tertiary/aromatic N) is 2. The van der Waals surface area contributed by atoms with Gasteiger partial charge in [-0.2, -0.15) is 5.10 Å². The molecule has 5 heteroatoms. The number of rotatable bonds is 3. The lowest BCUT2D eigenvalue weighted by atomic mass is 9.78. The Morgan fingerprint density at radius 3 is 2.62 bits per heavy atom. The van der Waals surface area contributed by atoms with E-state index in [1.54, 1.807) is 14.2 Å². The SMILES string of the molecule is COc1ccc(C2NN=C3C4CCN(CC4)C32)cc1OC. The molecule has 4 aliphatic rings. The minimum Gasteiger partial charge on any atom is -0.493 e. The quantitative estimate of drug-likeness (QED) is 0.921. The molecule has 5 rings (SSSR count). The van der Waals surface area contributed by atoms with Crippen LogP contribution >= 0.6 is 0 Å². The van der Waals surface area contributed by atoms with Gasteiger partial charge in [0.25, 0.3) is 0 Å². The maximum Gasteiger partial charge on any atom is 0.161 e. The molecule has 4 heterocycles. The van der Waals surface area contributed by atoms with Gasteiger partial charge in [0.05, 0.1) is 32.0 Å². The van der Waals surface area contributed by atoms with Gasteiger partial charge in [-0.25, -0.2) is 0 Å². The van der Waals surface area contributed by atoms with Crippen LogP contribution in [0.2, 0.25) is 0 Å². The van der Waals surface area contributed by atoms with Crippen molar-refractivity contribution in [2.45, 2.75) is 24.9 Å². The average Bonchev–Trinajstić information content (AvgIpc) is 3.02. The van der Waals surface area contributed by atoms with Crippen molar-refractivity contribution in [1.29, 1.82) is 0 Å². The van der Waals surface area contributed by atoms with Gasteiger partial charge in [-0.3, -0.25) is 4.90 Å². The Hall–Kier alpha value is -1.75. The Morgan fingerprint density at radius 1 is 1.14 bits per heavy atom. The molecule has 21 heavy (non-hydrogen) atoms. The molecule has 2 bridgehead atoms. The van der Waals surface area contributed by atoms with E-state index in [1.807, 2.05) is 6.07 Å². The van der Waals surface area contributed by atoms with E-state index in [0.29, 0.717) is 12.0 Å². The monoisotopic (exact) mass is 287 g/mol. The normalized spacial score (nSPS) is 33.1. The summed E-state index contributed by atoms with van der Waals surface area (Å²) in [4.78, 5) is 2.57. The maximum absolute atomic E-state index is 5.43. The van der Waals surface area contributed by atoms with Gasteiger partial charge in [0.15, 0.2) is 11.5 Å². The molecule has 1 aromatic rings. The van der Waals surface area contributed by atoms with Crippen LogP contribution in [0.5, 0.6) is 11.5 Å². The molecule has 3 fully saturated rings. The lowest BCUT2D eigenvalue weighted by Crippen LogP contribution is -2.56. The summed E-state index contributed by atoms with van der Waals surface area (Å²) in [6.45, 7) is 2.39. The Morgan fingerprint density at radius 2 is 1.90 bits per heavy atom. The first-order chi connectivity index (χ1) is 10.3. The molecule has 0 aromatic heterocycles. The number of hydrazone groups is 1. The van der Waals surface area contributed by atoms with E-state index >= 15 is 0 Å². The van der Waals surface area contributed by atoms with Crippen LogP contribution in [0.3, 0.4) is 0 Å². The number of benzene rings is 1. The van der Waals surface area contributed by atoms with Crippen LogP contribution in [0.15, 0.2) is 23.3 Å². The molecule has 5 nitrogen and oxygen atoms in total. The first-order valence-corrected chi connectivity index (χ1v) is 7.61. The molecule has 0 aliphatic carbocycles. The zero-order valence-corrected chi connectivity index (χ0v) is 12.5. The second kappa shape index (κ2) is 4.91. The second-order valence-electron chi connectivity index (χ2n) is 6.01. The molecule has 1 N–H and O–H groups in total. The minimum absolute atomic E-state index is 0.225. The third kappa shape index (κ3) is 1.91. The molecule has 4 aliphatic heterocycles. The fourth-order valence-corrected chi connectivity index (χ4v) is 3.96. The van der Waals surface area contributed by atoms with Crippen LogP contribution in [0, 0.1) is 5.92 Å². The molecule has 0 spiro atoms. The molecular weight excluding hydrogens is 266 g/mol. The second-order valence-corrected chi connectivity index (χ2v) is 6.01. The highest BCUT2D eigenvalue weighted by atomic mass is 16.5. The van der Waals surface area contributed by atoms with Gasteiger partial charge in [-0.05, 0) is 43.6 Å². The number of hydrogen-bond acceptors (Lipinski definition) is 5. The highest BCUT2D eigenvalue weighted by molar-refractivity contribution is 5.95. The number of piperidine rings is 3. The average molecular weight is 287 g/mol. The molecule has 0 saturated carbocycles. The van der Waals surface area contributed by atoms with Crippen LogP contribution in [-0.2, 0) is 0 Å². The number of hydrogen-bond donors (Lipinski definition) is 1. The third-order valence-corrected chi connectivity index (χ3v) is 5.06. The van der Waals surface area contributed by atoms with Crippen molar-refractivity contribution >= 4 is 5.71 Å². The summed E-state index contributed by atoms with van der Waals surface area (Å²) >= 11 is 0. The van der Waals surface area contributed by atoms with Gasteiger partial charge < -0.3 is 14.9 Å². The fraction of sp³-hybridized carbons (Fsp3) is 0.562. The Labute approximate surface area is 124 Å². The van der Waals surface area contributed by atoms with Crippen LogP contribution in [0.4, 0.5) is 0 Å².